The van der Waals surface area contributed by atoms with Gasteiger partial charge in [0.2, 0.25) is 10.0 Å². The fourth-order valence-corrected chi connectivity index (χ4v) is 4.89. The third-order valence-corrected chi connectivity index (χ3v) is 6.62. The number of hydrogen-bond acceptors (Lipinski definition) is 5. The summed E-state index contributed by atoms with van der Waals surface area (Å²) in [7, 11) is -2.66. The Hall–Kier alpha value is -1.92. The molecule has 2 aromatic rings. The van der Waals surface area contributed by atoms with Crippen LogP contribution < -0.4 is 4.72 Å². The molecule has 2 aromatic heterocycles. The Morgan fingerprint density at radius 1 is 1.42 bits per heavy atom. The van der Waals surface area contributed by atoms with E-state index in [-0.39, 0.29) is 22.7 Å². The van der Waals surface area contributed by atoms with Gasteiger partial charge in [0.15, 0.2) is 5.69 Å². The van der Waals surface area contributed by atoms with Crippen LogP contribution in [0.1, 0.15) is 25.5 Å². The minimum absolute atomic E-state index is 0.119. The number of sulfonamides is 1. The molecule has 144 valence electrons. The molecule has 0 saturated heterocycles. The van der Waals surface area contributed by atoms with Gasteiger partial charge in [-0.1, -0.05) is 6.92 Å². The number of alkyl halides is 3. The first kappa shape index (κ1) is 20.4. The highest BCUT2D eigenvalue weighted by molar-refractivity contribution is 7.91. The molecule has 0 fully saturated rings. The fraction of sp³-hybridized carbons (Fsp3) is 0.429. The van der Waals surface area contributed by atoms with E-state index in [1.807, 2.05) is 0 Å². The quantitative estimate of drug-likeness (QED) is 0.730. The van der Waals surface area contributed by atoms with Crippen molar-refractivity contribution in [2.45, 2.75) is 36.2 Å². The molecule has 0 aromatic carbocycles. The summed E-state index contributed by atoms with van der Waals surface area (Å²) >= 11 is 0.776. The van der Waals surface area contributed by atoms with E-state index in [9.17, 15) is 26.4 Å². The molecule has 0 spiro atoms. The number of aliphatic carboxylic acids is 1. The molecule has 2 N–H and O–H groups in total. The Morgan fingerprint density at radius 3 is 2.58 bits per heavy atom. The van der Waals surface area contributed by atoms with E-state index >= 15 is 0 Å². The van der Waals surface area contributed by atoms with Crippen molar-refractivity contribution >= 4 is 27.3 Å². The van der Waals surface area contributed by atoms with E-state index in [1.165, 1.54) is 19.2 Å². The molecule has 0 aliphatic rings. The van der Waals surface area contributed by atoms with Gasteiger partial charge < -0.3 is 5.11 Å². The highest BCUT2D eigenvalue weighted by Crippen LogP contribution is 2.35. The first-order chi connectivity index (χ1) is 11.9. The maximum Gasteiger partial charge on any atom is 0.435 e. The molecule has 0 radical (unpaired) electrons. The Labute approximate surface area is 151 Å². The second kappa shape index (κ2) is 7.37. The van der Waals surface area contributed by atoms with Crippen LogP contribution in [0.3, 0.4) is 0 Å². The van der Waals surface area contributed by atoms with Gasteiger partial charge in [-0.25, -0.2) is 13.1 Å². The largest absolute Gasteiger partial charge is 0.481 e. The summed E-state index contributed by atoms with van der Waals surface area (Å²) < 4.78 is 66.2. The molecule has 2 rings (SSSR count). The molecular weight excluding hydrogens is 395 g/mol. The van der Waals surface area contributed by atoms with Crippen molar-refractivity contribution in [1.82, 2.24) is 14.5 Å². The van der Waals surface area contributed by atoms with Gasteiger partial charge >= 0.3 is 12.1 Å². The summed E-state index contributed by atoms with van der Waals surface area (Å²) in [6.45, 7) is 1.64. The summed E-state index contributed by atoms with van der Waals surface area (Å²) in [4.78, 5) is 11.1. The van der Waals surface area contributed by atoms with Gasteiger partial charge in [0, 0.05) is 13.1 Å². The third kappa shape index (κ3) is 4.62. The zero-order chi connectivity index (χ0) is 19.7. The van der Waals surface area contributed by atoms with Crippen LogP contribution >= 0.6 is 11.3 Å². The zero-order valence-corrected chi connectivity index (χ0v) is 15.4. The van der Waals surface area contributed by atoms with Gasteiger partial charge in [-0.2, -0.15) is 18.3 Å². The van der Waals surface area contributed by atoms with E-state index in [0.29, 0.717) is 4.88 Å². The zero-order valence-electron chi connectivity index (χ0n) is 13.7. The van der Waals surface area contributed by atoms with Crippen LogP contribution in [-0.4, -0.2) is 35.3 Å². The predicted molar refractivity (Wildman–Crippen MR) is 88.2 cm³/mol. The number of carbonyl (C=O) groups is 1. The second-order valence-electron chi connectivity index (χ2n) is 5.48. The lowest BCUT2D eigenvalue weighted by molar-refractivity contribution is -0.141. The molecular formula is C14H16F3N3O4S2. The average Bonchev–Trinajstić information content (AvgIpc) is 3.11. The summed E-state index contributed by atoms with van der Waals surface area (Å²) in [5, 5.41) is 12.2. The molecule has 0 aliphatic carbocycles. The molecule has 2 heterocycles. The second-order valence-corrected chi connectivity index (χ2v) is 8.50. The average molecular weight is 411 g/mol. The number of aryl methyl sites for hydroxylation is 1. The van der Waals surface area contributed by atoms with Gasteiger partial charge in [-0.3, -0.25) is 9.48 Å². The highest BCUT2D eigenvalue weighted by atomic mass is 32.2. The number of aromatic nitrogens is 2. The summed E-state index contributed by atoms with van der Waals surface area (Å²) in [5.74, 6) is -1.14. The number of thiophene rings is 1. The lowest BCUT2D eigenvalue weighted by Gasteiger charge is -2.13. The standard InChI is InChI=1S/C14H16F3N3O4S2/c1-3-8(6-12(21)22)19-26(23,24)13-5-4-10(25-13)9-7-11(14(15,16)17)18-20(9)2/h4-5,7-8,19H,3,6H2,1-2H3,(H,21,22)/t8-/m0/s1. The Morgan fingerprint density at radius 2 is 2.08 bits per heavy atom. The van der Waals surface area contributed by atoms with Crippen molar-refractivity contribution in [2.24, 2.45) is 7.05 Å². The lowest BCUT2D eigenvalue weighted by Crippen LogP contribution is -2.35. The first-order valence-corrected chi connectivity index (χ1v) is 9.69. The number of nitrogens with zero attached hydrogens (tertiary/aromatic N) is 2. The number of halogens is 3. The fourth-order valence-electron chi connectivity index (χ4n) is 2.20. The summed E-state index contributed by atoms with van der Waals surface area (Å²) in [6, 6.07) is 2.70. The SMILES string of the molecule is CC[C@@H](CC(=O)O)NS(=O)(=O)c1ccc(-c2cc(C(F)(F)F)nn2C)s1. The molecule has 0 aliphatic heterocycles. The van der Waals surface area contributed by atoms with Gasteiger partial charge in [0.05, 0.1) is 17.0 Å². The van der Waals surface area contributed by atoms with Gasteiger partial charge in [0.1, 0.15) is 4.21 Å². The Balaban J connectivity index is 2.29. The van der Waals surface area contributed by atoms with Crippen LogP contribution in [0.2, 0.25) is 0 Å². The molecule has 0 unspecified atom stereocenters. The topological polar surface area (TPSA) is 101 Å². The number of carboxylic acid groups (broad SMARTS) is 1. The van der Waals surface area contributed by atoms with Crippen LogP contribution in [0.5, 0.6) is 0 Å². The lowest BCUT2D eigenvalue weighted by atomic mass is 10.2. The molecule has 0 saturated carbocycles. The van der Waals surface area contributed by atoms with Gasteiger partial charge in [-0.05, 0) is 24.6 Å². The number of nitrogens with one attached hydrogen (secondary N) is 1. The van der Waals surface area contributed by atoms with Crippen molar-refractivity contribution in [3.05, 3.63) is 23.9 Å². The van der Waals surface area contributed by atoms with Crippen LogP contribution in [0.15, 0.2) is 22.4 Å². The maximum atomic E-state index is 12.8. The van der Waals surface area contributed by atoms with Crippen molar-refractivity contribution in [3.8, 4) is 10.6 Å². The van der Waals surface area contributed by atoms with Crippen LogP contribution in [0.4, 0.5) is 13.2 Å². The van der Waals surface area contributed by atoms with Gasteiger partial charge in [-0.15, -0.1) is 11.3 Å². The van der Waals surface area contributed by atoms with E-state index in [1.54, 1.807) is 6.92 Å². The Bertz CT molecular complexity index is 903. The monoisotopic (exact) mass is 411 g/mol. The smallest absolute Gasteiger partial charge is 0.435 e. The number of carboxylic acids is 1. The molecule has 26 heavy (non-hydrogen) atoms. The van der Waals surface area contributed by atoms with E-state index in [0.717, 1.165) is 22.1 Å². The molecule has 0 bridgehead atoms. The van der Waals surface area contributed by atoms with E-state index in [2.05, 4.69) is 9.82 Å². The Kier molecular flexibility index (Phi) is 5.78. The van der Waals surface area contributed by atoms with Crippen LogP contribution in [0, 0.1) is 0 Å². The molecule has 1 atom stereocenters. The van der Waals surface area contributed by atoms with Crippen LogP contribution in [-0.2, 0) is 28.0 Å². The molecule has 12 heteroatoms. The maximum absolute atomic E-state index is 12.8. The van der Waals surface area contributed by atoms with Crippen molar-refractivity contribution < 1.29 is 31.5 Å². The summed E-state index contributed by atoms with van der Waals surface area (Å²) in [6.07, 6.45) is -4.69. The minimum Gasteiger partial charge on any atom is -0.481 e. The first-order valence-electron chi connectivity index (χ1n) is 7.39. The number of hydrogen-bond donors (Lipinski definition) is 2. The molecule has 0 amide bonds. The minimum atomic E-state index is -4.60. The molecule has 7 nitrogen and oxygen atoms in total. The van der Waals surface area contributed by atoms with E-state index in [4.69, 9.17) is 5.11 Å². The highest BCUT2D eigenvalue weighted by Gasteiger charge is 2.35. The predicted octanol–water partition coefficient (Wildman–Crippen LogP) is 2.70. The summed E-state index contributed by atoms with van der Waals surface area (Å²) in [5.41, 5.74) is -0.945. The van der Waals surface area contributed by atoms with Crippen molar-refractivity contribution in [1.29, 1.82) is 0 Å². The van der Waals surface area contributed by atoms with Crippen molar-refractivity contribution in [2.75, 3.05) is 0 Å². The van der Waals surface area contributed by atoms with Gasteiger partial charge in [0.25, 0.3) is 0 Å². The number of rotatable bonds is 7. The van der Waals surface area contributed by atoms with E-state index < -0.39 is 33.9 Å². The van der Waals surface area contributed by atoms with Crippen molar-refractivity contribution in [3.63, 3.8) is 0 Å². The third-order valence-electron chi connectivity index (χ3n) is 3.50. The normalized spacial score (nSPS) is 13.7. The van der Waals surface area contributed by atoms with Crippen LogP contribution in [0.25, 0.3) is 10.6 Å².